The van der Waals surface area contributed by atoms with Crippen LogP contribution in [0.1, 0.15) is 10.4 Å². The summed E-state index contributed by atoms with van der Waals surface area (Å²) in [5.41, 5.74) is 4.11. The Morgan fingerprint density at radius 2 is 1.54 bits per heavy atom. The highest BCUT2D eigenvalue weighted by Crippen LogP contribution is 2.40. The summed E-state index contributed by atoms with van der Waals surface area (Å²) in [6, 6.07) is 23.6. The Balaban J connectivity index is 1.27. The lowest BCUT2D eigenvalue weighted by Crippen LogP contribution is -2.48. The largest absolute Gasteiger partial charge is 0.495 e. The zero-order chi connectivity index (χ0) is 25.4. The van der Waals surface area contributed by atoms with Crippen molar-refractivity contribution >= 4 is 43.5 Å². The lowest BCUT2D eigenvalue weighted by atomic mass is 10.0. The van der Waals surface area contributed by atoms with Crippen LogP contribution in [-0.2, 0) is 0 Å². The molecule has 5 aromatic rings. The second-order valence-electron chi connectivity index (χ2n) is 8.86. The van der Waals surface area contributed by atoms with E-state index in [0.29, 0.717) is 31.7 Å². The van der Waals surface area contributed by atoms with Gasteiger partial charge in [0.1, 0.15) is 21.7 Å². The van der Waals surface area contributed by atoms with E-state index in [1.54, 1.807) is 25.6 Å². The first-order valence-corrected chi connectivity index (χ1v) is 13.0. The van der Waals surface area contributed by atoms with Crippen LogP contribution in [0, 0.1) is 0 Å². The fourth-order valence-corrected chi connectivity index (χ4v) is 5.92. The number of amides is 1. The predicted octanol–water partition coefficient (Wildman–Crippen LogP) is 5.49. The molecule has 3 heterocycles. The molecule has 1 amide bonds. The van der Waals surface area contributed by atoms with Gasteiger partial charge < -0.3 is 19.3 Å². The number of anilines is 1. The Kier molecular flexibility index (Phi) is 6.10. The molecule has 0 spiro atoms. The van der Waals surface area contributed by atoms with Crippen molar-refractivity contribution in [2.24, 2.45) is 0 Å². The van der Waals surface area contributed by atoms with Crippen LogP contribution in [0.15, 0.2) is 72.8 Å². The first-order valence-electron chi connectivity index (χ1n) is 12.2. The number of hydrogen-bond acceptors (Lipinski definition) is 7. The monoisotopic (exact) mass is 510 g/mol. The molecule has 1 aliphatic heterocycles. The van der Waals surface area contributed by atoms with E-state index >= 15 is 0 Å². The number of piperazine rings is 1. The summed E-state index contributed by atoms with van der Waals surface area (Å²) in [4.78, 5) is 27.6. The average molecular weight is 511 g/mol. The third kappa shape index (κ3) is 4.23. The molecule has 0 N–H and O–H groups in total. The molecule has 1 saturated heterocycles. The van der Waals surface area contributed by atoms with Crippen molar-refractivity contribution in [3.05, 3.63) is 78.4 Å². The van der Waals surface area contributed by atoms with Gasteiger partial charge in [-0.15, -0.1) is 0 Å². The van der Waals surface area contributed by atoms with Crippen LogP contribution in [-0.4, -0.2) is 61.2 Å². The van der Waals surface area contributed by atoms with E-state index in [4.69, 9.17) is 19.4 Å². The summed E-state index contributed by atoms with van der Waals surface area (Å²) in [7, 11) is 3.31. The van der Waals surface area contributed by atoms with Crippen molar-refractivity contribution in [1.82, 2.24) is 14.9 Å². The summed E-state index contributed by atoms with van der Waals surface area (Å²) in [6.45, 7) is 2.62. The summed E-state index contributed by atoms with van der Waals surface area (Å²) in [5, 5.41) is 1.78. The van der Waals surface area contributed by atoms with Crippen LogP contribution in [0.5, 0.6) is 11.5 Å². The van der Waals surface area contributed by atoms with Crippen LogP contribution in [0.2, 0.25) is 0 Å². The number of methoxy groups -OCH3 is 2. The average Bonchev–Trinajstić information content (AvgIpc) is 3.42. The number of para-hydroxylation sites is 1. The van der Waals surface area contributed by atoms with Crippen molar-refractivity contribution in [3.8, 4) is 22.8 Å². The van der Waals surface area contributed by atoms with Gasteiger partial charge in [0.2, 0.25) is 0 Å². The molecule has 186 valence electrons. The fourth-order valence-electron chi connectivity index (χ4n) is 4.79. The molecule has 0 atom stereocenters. The highest BCUT2D eigenvalue weighted by Gasteiger charge is 2.26. The molecule has 0 radical (unpaired) electrons. The quantitative estimate of drug-likeness (QED) is 0.311. The first kappa shape index (κ1) is 23.2. The second kappa shape index (κ2) is 9.71. The van der Waals surface area contributed by atoms with Crippen molar-refractivity contribution in [3.63, 3.8) is 0 Å². The Morgan fingerprint density at radius 3 is 2.30 bits per heavy atom. The Bertz CT molecular complexity index is 1550. The van der Waals surface area contributed by atoms with E-state index in [-0.39, 0.29) is 5.91 Å². The Hall–Kier alpha value is -4.17. The van der Waals surface area contributed by atoms with E-state index in [1.807, 2.05) is 77.7 Å². The number of thiazole rings is 1. The van der Waals surface area contributed by atoms with Crippen LogP contribution >= 0.6 is 11.3 Å². The highest BCUT2D eigenvalue weighted by molar-refractivity contribution is 7.22. The van der Waals surface area contributed by atoms with E-state index in [1.165, 1.54) is 0 Å². The maximum atomic E-state index is 13.8. The smallest absolute Gasteiger partial charge is 0.254 e. The number of hydrogen-bond donors (Lipinski definition) is 0. The van der Waals surface area contributed by atoms with Gasteiger partial charge >= 0.3 is 0 Å². The topological polar surface area (TPSA) is 67.8 Å². The molecular formula is C29H26N4O3S. The van der Waals surface area contributed by atoms with Gasteiger partial charge in [0, 0.05) is 37.1 Å². The lowest BCUT2D eigenvalue weighted by molar-refractivity contribution is 0.0748. The van der Waals surface area contributed by atoms with E-state index in [0.717, 1.165) is 49.0 Å². The lowest BCUT2D eigenvalue weighted by Gasteiger charge is -2.34. The second-order valence-corrected chi connectivity index (χ2v) is 9.84. The predicted molar refractivity (Wildman–Crippen MR) is 148 cm³/mol. The van der Waals surface area contributed by atoms with Crippen molar-refractivity contribution in [2.75, 3.05) is 45.3 Å². The number of rotatable bonds is 5. The normalized spacial score (nSPS) is 13.8. The number of nitrogens with zero attached hydrogens (tertiary/aromatic N) is 4. The minimum atomic E-state index is 0.0306. The molecule has 0 unspecified atom stereocenters. The molecule has 0 saturated carbocycles. The van der Waals surface area contributed by atoms with Gasteiger partial charge in [0.05, 0.1) is 31.0 Å². The van der Waals surface area contributed by atoms with Crippen molar-refractivity contribution < 1.29 is 14.3 Å². The Labute approximate surface area is 218 Å². The SMILES string of the molecule is COc1ccc(OC)c2sc(N3CCN(C(=O)c4cc(-c5ccccc5)nc5ccccc45)CC3)nc12. The van der Waals surface area contributed by atoms with E-state index < -0.39 is 0 Å². The maximum Gasteiger partial charge on any atom is 0.254 e. The fraction of sp³-hybridized carbons (Fsp3) is 0.207. The molecule has 2 aromatic heterocycles. The van der Waals surface area contributed by atoms with Gasteiger partial charge in [-0.1, -0.05) is 59.9 Å². The van der Waals surface area contributed by atoms with E-state index in [9.17, 15) is 4.79 Å². The maximum absolute atomic E-state index is 13.8. The molecule has 1 aliphatic rings. The molecule has 6 rings (SSSR count). The zero-order valence-corrected chi connectivity index (χ0v) is 21.5. The first-order chi connectivity index (χ1) is 18.2. The number of fused-ring (bicyclic) bond motifs is 2. The summed E-state index contributed by atoms with van der Waals surface area (Å²) >= 11 is 1.59. The minimum absolute atomic E-state index is 0.0306. The van der Waals surface area contributed by atoms with Crippen molar-refractivity contribution in [2.45, 2.75) is 0 Å². The number of pyridine rings is 1. The van der Waals surface area contributed by atoms with Gasteiger partial charge in [-0.3, -0.25) is 4.79 Å². The van der Waals surface area contributed by atoms with Crippen molar-refractivity contribution in [1.29, 1.82) is 0 Å². The van der Waals surface area contributed by atoms with Gasteiger partial charge in [-0.25, -0.2) is 9.97 Å². The third-order valence-electron chi connectivity index (χ3n) is 6.75. The molecular weight excluding hydrogens is 484 g/mol. The number of ether oxygens (including phenoxy) is 2. The molecule has 37 heavy (non-hydrogen) atoms. The summed E-state index contributed by atoms with van der Waals surface area (Å²) in [6.07, 6.45) is 0. The van der Waals surface area contributed by atoms with Gasteiger partial charge in [-0.2, -0.15) is 0 Å². The molecule has 8 heteroatoms. The molecule has 0 bridgehead atoms. The van der Waals surface area contributed by atoms with Crippen LogP contribution in [0.25, 0.3) is 32.4 Å². The third-order valence-corrected chi connectivity index (χ3v) is 7.88. The summed E-state index contributed by atoms with van der Waals surface area (Å²) in [5.74, 6) is 1.54. The van der Waals surface area contributed by atoms with Gasteiger partial charge in [0.25, 0.3) is 5.91 Å². The molecule has 0 aliphatic carbocycles. The molecule has 3 aromatic carbocycles. The summed E-state index contributed by atoms with van der Waals surface area (Å²) < 4.78 is 12.0. The number of aromatic nitrogens is 2. The van der Waals surface area contributed by atoms with E-state index in [2.05, 4.69) is 4.90 Å². The van der Waals surface area contributed by atoms with Crippen LogP contribution in [0.3, 0.4) is 0 Å². The minimum Gasteiger partial charge on any atom is -0.495 e. The molecule has 7 nitrogen and oxygen atoms in total. The van der Waals surface area contributed by atoms with Crippen LogP contribution < -0.4 is 14.4 Å². The Morgan fingerprint density at radius 1 is 0.838 bits per heavy atom. The number of carbonyl (C=O) groups is 1. The highest BCUT2D eigenvalue weighted by atomic mass is 32.1. The molecule has 1 fully saturated rings. The standard InChI is InChI=1S/C29H26N4O3S/c1-35-24-12-13-25(36-2)27-26(24)31-29(37-27)33-16-14-32(15-17-33)28(34)21-18-23(19-8-4-3-5-9-19)30-22-11-7-6-10-20(21)22/h3-13,18H,14-17H2,1-2H3. The zero-order valence-electron chi connectivity index (χ0n) is 20.7. The van der Waals surface area contributed by atoms with Gasteiger partial charge in [-0.05, 0) is 24.3 Å². The number of carbonyl (C=O) groups excluding carboxylic acids is 1. The van der Waals surface area contributed by atoms with Crippen LogP contribution in [0.4, 0.5) is 5.13 Å². The van der Waals surface area contributed by atoms with Gasteiger partial charge in [0.15, 0.2) is 5.13 Å². The number of benzene rings is 3.